The molecular weight excluding hydrogens is 480 g/mol. The third-order valence-corrected chi connectivity index (χ3v) is 8.00. The normalized spacial score (nSPS) is 22.2. The molecule has 0 bridgehead atoms. The topological polar surface area (TPSA) is 77.4 Å². The van der Waals surface area contributed by atoms with Gasteiger partial charge in [-0.25, -0.2) is 0 Å². The van der Waals surface area contributed by atoms with Gasteiger partial charge in [0.25, 0.3) is 0 Å². The summed E-state index contributed by atoms with van der Waals surface area (Å²) in [6.45, 7) is 11.0. The lowest BCUT2D eigenvalue weighted by atomic mass is 9.82. The van der Waals surface area contributed by atoms with E-state index < -0.39 is 5.60 Å². The maximum atomic E-state index is 13.0. The van der Waals surface area contributed by atoms with Gasteiger partial charge in [0.05, 0.1) is 50.0 Å². The minimum Gasteiger partial charge on any atom is -0.462 e. The minimum absolute atomic E-state index is 0.0207. The molecule has 7 heteroatoms. The van der Waals surface area contributed by atoms with Crippen molar-refractivity contribution in [3.8, 4) is 0 Å². The third kappa shape index (κ3) is 7.58. The number of nitrogens with zero attached hydrogens (tertiary/aromatic N) is 2. The molecule has 3 unspecified atom stereocenters. The van der Waals surface area contributed by atoms with Crippen LogP contribution in [0, 0.1) is 5.92 Å². The van der Waals surface area contributed by atoms with Crippen LogP contribution in [0.25, 0.3) is 0 Å². The van der Waals surface area contributed by atoms with Crippen molar-refractivity contribution < 1.29 is 23.8 Å². The molecule has 0 radical (unpaired) electrons. The summed E-state index contributed by atoms with van der Waals surface area (Å²) < 4.78 is 17.6. The van der Waals surface area contributed by atoms with E-state index in [0.29, 0.717) is 18.9 Å². The fraction of sp³-hybridized carbons (Fsp3) is 0.710. The van der Waals surface area contributed by atoms with Crippen LogP contribution in [0.2, 0.25) is 0 Å². The number of aliphatic imine (C=N–C) groups is 1. The lowest BCUT2D eigenvalue weighted by Gasteiger charge is -2.34. The molecule has 0 aromatic heterocycles. The number of carbonyl (C=O) groups is 2. The molecule has 1 fully saturated rings. The molecular formula is C31H46N2O5. The van der Waals surface area contributed by atoms with Gasteiger partial charge >= 0.3 is 11.9 Å². The van der Waals surface area contributed by atoms with Crippen LogP contribution < -0.4 is 0 Å². The van der Waals surface area contributed by atoms with Gasteiger partial charge in [-0.3, -0.25) is 14.6 Å². The molecule has 1 aromatic rings. The molecule has 7 nitrogen and oxygen atoms in total. The van der Waals surface area contributed by atoms with E-state index in [1.165, 1.54) is 30.4 Å². The summed E-state index contributed by atoms with van der Waals surface area (Å²) in [6.07, 6.45) is 8.95. The van der Waals surface area contributed by atoms with Crippen LogP contribution in [0.1, 0.15) is 116 Å². The van der Waals surface area contributed by atoms with E-state index in [4.69, 9.17) is 14.2 Å². The maximum Gasteiger partial charge on any atom is 0.306 e. The van der Waals surface area contributed by atoms with E-state index in [1.54, 1.807) is 0 Å². The van der Waals surface area contributed by atoms with Crippen molar-refractivity contribution >= 4 is 18.3 Å². The number of hydrogen-bond donors (Lipinski definition) is 0. The van der Waals surface area contributed by atoms with Crippen LogP contribution in [0.5, 0.6) is 0 Å². The predicted molar refractivity (Wildman–Crippen MR) is 148 cm³/mol. The first kappa shape index (κ1) is 28.6. The average molecular weight is 527 g/mol. The van der Waals surface area contributed by atoms with E-state index in [0.717, 1.165) is 25.8 Å². The number of esters is 2. The second-order valence-corrected chi connectivity index (χ2v) is 12.7. The van der Waals surface area contributed by atoms with Crippen LogP contribution in [0.4, 0.5) is 0 Å². The Morgan fingerprint density at radius 3 is 2.39 bits per heavy atom. The molecule has 0 spiro atoms. The Bertz CT molecular complexity index is 992. The largest absolute Gasteiger partial charge is 0.462 e. The summed E-state index contributed by atoms with van der Waals surface area (Å²) in [5.41, 5.74) is 1.77. The van der Waals surface area contributed by atoms with Gasteiger partial charge in [0.2, 0.25) is 0 Å². The first-order valence-electron chi connectivity index (χ1n) is 14.4. The molecule has 0 saturated heterocycles. The van der Waals surface area contributed by atoms with Crippen LogP contribution in [-0.2, 0) is 23.8 Å². The SMILES string of the molecule is CC(C)(C)OCCC(C)(C)OC(=O)CCC(=O)OC(CC1c2ccccc2C2CN=CN21)C1CCCCC1. The Morgan fingerprint density at radius 2 is 1.68 bits per heavy atom. The summed E-state index contributed by atoms with van der Waals surface area (Å²) in [4.78, 5) is 32.4. The van der Waals surface area contributed by atoms with Gasteiger partial charge in [0.1, 0.15) is 11.7 Å². The molecule has 2 heterocycles. The highest BCUT2D eigenvalue weighted by atomic mass is 16.6. The number of fused-ring (bicyclic) bond motifs is 3. The molecule has 1 saturated carbocycles. The number of carbonyl (C=O) groups excluding carboxylic acids is 2. The molecule has 0 N–H and O–H groups in total. The average Bonchev–Trinajstić information content (AvgIpc) is 3.44. The van der Waals surface area contributed by atoms with Gasteiger partial charge in [0, 0.05) is 12.8 Å². The van der Waals surface area contributed by atoms with Crippen molar-refractivity contribution in [1.82, 2.24) is 4.90 Å². The van der Waals surface area contributed by atoms with Gasteiger partial charge < -0.3 is 19.1 Å². The highest BCUT2D eigenvalue weighted by Crippen LogP contribution is 2.46. The Morgan fingerprint density at radius 1 is 1.00 bits per heavy atom. The lowest BCUT2D eigenvalue weighted by molar-refractivity contribution is -0.164. The van der Waals surface area contributed by atoms with E-state index >= 15 is 0 Å². The summed E-state index contributed by atoms with van der Waals surface area (Å²) in [7, 11) is 0. The van der Waals surface area contributed by atoms with Gasteiger partial charge in [-0.15, -0.1) is 0 Å². The van der Waals surface area contributed by atoms with E-state index in [-0.39, 0.29) is 48.6 Å². The first-order valence-corrected chi connectivity index (χ1v) is 14.4. The molecule has 3 atom stereocenters. The minimum atomic E-state index is -0.652. The molecule has 4 rings (SSSR count). The summed E-state index contributed by atoms with van der Waals surface area (Å²) >= 11 is 0. The zero-order valence-electron chi connectivity index (χ0n) is 23.9. The van der Waals surface area contributed by atoms with Gasteiger partial charge in [-0.2, -0.15) is 0 Å². The number of benzene rings is 1. The predicted octanol–water partition coefficient (Wildman–Crippen LogP) is 6.32. The number of ether oxygens (including phenoxy) is 3. The molecule has 1 aromatic carbocycles. The quantitative estimate of drug-likeness (QED) is 0.314. The summed E-state index contributed by atoms with van der Waals surface area (Å²) in [5, 5.41) is 0. The summed E-state index contributed by atoms with van der Waals surface area (Å²) in [6, 6.07) is 9.03. The zero-order chi connectivity index (χ0) is 27.3. The maximum absolute atomic E-state index is 13.0. The molecule has 210 valence electrons. The van der Waals surface area contributed by atoms with Crippen LogP contribution in [0.15, 0.2) is 29.3 Å². The highest BCUT2D eigenvalue weighted by molar-refractivity contribution is 5.78. The zero-order valence-corrected chi connectivity index (χ0v) is 23.9. The Hall–Kier alpha value is -2.41. The first-order chi connectivity index (χ1) is 18.0. The highest BCUT2D eigenvalue weighted by Gasteiger charge is 2.41. The van der Waals surface area contributed by atoms with Gasteiger partial charge in [-0.05, 0) is 64.5 Å². The molecule has 1 aliphatic carbocycles. The fourth-order valence-corrected chi connectivity index (χ4v) is 6.01. The Kier molecular flexibility index (Phi) is 9.17. The molecule has 0 amide bonds. The second kappa shape index (κ2) is 12.2. The number of hydrogen-bond acceptors (Lipinski definition) is 7. The van der Waals surface area contributed by atoms with E-state index in [1.807, 2.05) is 41.0 Å². The van der Waals surface area contributed by atoms with Crippen molar-refractivity contribution in [1.29, 1.82) is 0 Å². The Balaban J connectivity index is 1.33. The Labute approximate surface area is 228 Å². The van der Waals surface area contributed by atoms with Crippen molar-refractivity contribution in [2.75, 3.05) is 13.2 Å². The van der Waals surface area contributed by atoms with E-state index in [9.17, 15) is 9.59 Å². The smallest absolute Gasteiger partial charge is 0.306 e. The third-order valence-electron chi connectivity index (χ3n) is 8.00. The van der Waals surface area contributed by atoms with Crippen molar-refractivity contribution in [2.24, 2.45) is 10.9 Å². The fourth-order valence-electron chi connectivity index (χ4n) is 6.01. The van der Waals surface area contributed by atoms with Crippen molar-refractivity contribution in [2.45, 2.75) is 122 Å². The molecule has 38 heavy (non-hydrogen) atoms. The second-order valence-electron chi connectivity index (χ2n) is 12.7. The molecule has 2 aliphatic heterocycles. The van der Waals surface area contributed by atoms with Crippen molar-refractivity contribution in [3.05, 3.63) is 35.4 Å². The van der Waals surface area contributed by atoms with E-state index in [2.05, 4.69) is 34.2 Å². The standard InChI is InChI=1S/C31H46N2O5/c1-30(2,3)36-18-17-31(4,5)38-29(35)16-15-28(34)37-27(22-11-7-6-8-12-22)19-25-23-13-9-10-14-24(23)26-20-32-21-33(25)26/h9-10,13-14,21-22,25-27H,6-8,11-12,15-20H2,1-5H3. The van der Waals surface area contributed by atoms with Crippen molar-refractivity contribution in [3.63, 3.8) is 0 Å². The van der Waals surface area contributed by atoms with Crippen LogP contribution in [-0.4, -0.2) is 53.6 Å². The summed E-state index contributed by atoms with van der Waals surface area (Å²) in [5.74, 6) is -0.339. The van der Waals surface area contributed by atoms with Crippen LogP contribution >= 0.6 is 0 Å². The van der Waals surface area contributed by atoms with Crippen LogP contribution in [0.3, 0.4) is 0 Å². The van der Waals surface area contributed by atoms with Gasteiger partial charge in [-0.1, -0.05) is 43.5 Å². The molecule has 3 aliphatic rings. The van der Waals surface area contributed by atoms with Gasteiger partial charge in [0.15, 0.2) is 0 Å². The number of rotatable bonds is 11. The lowest BCUT2D eigenvalue weighted by Crippen LogP contribution is -2.34. The monoisotopic (exact) mass is 526 g/mol.